The van der Waals surface area contributed by atoms with E-state index in [0.717, 1.165) is 31.4 Å². The summed E-state index contributed by atoms with van der Waals surface area (Å²) in [5.74, 6) is 1.54. The number of nitrogens with zero attached hydrogens (tertiary/aromatic N) is 5. The Kier molecular flexibility index (Phi) is 6.81. The van der Waals surface area contributed by atoms with Gasteiger partial charge in [0.15, 0.2) is 0 Å². The monoisotopic (exact) mass is 427 g/mol. The van der Waals surface area contributed by atoms with Gasteiger partial charge in [0.2, 0.25) is 17.8 Å². The molecule has 2 fully saturated rings. The minimum Gasteiger partial charge on any atom is -0.394 e. The van der Waals surface area contributed by atoms with E-state index in [1.165, 1.54) is 0 Å². The fraction of sp³-hybridized carbons (Fsp3) is 0.571. The summed E-state index contributed by atoms with van der Waals surface area (Å²) in [6, 6.07) is 9.45. The Morgan fingerprint density at radius 1 is 0.935 bits per heavy atom. The van der Waals surface area contributed by atoms with E-state index in [1.807, 2.05) is 35.2 Å². The van der Waals surface area contributed by atoms with Crippen LogP contribution in [-0.4, -0.2) is 71.0 Å². The van der Waals surface area contributed by atoms with Crippen LogP contribution in [0.25, 0.3) is 0 Å². The lowest BCUT2D eigenvalue weighted by Gasteiger charge is -2.36. The number of hydrogen-bond donors (Lipinski definition) is 5. The smallest absolute Gasteiger partial charge is 0.232 e. The second-order valence-corrected chi connectivity index (χ2v) is 8.56. The predicted molar refractivity (Wildman–Crippen MR) is 122 cm³/mol. The third-order valence-corrected chi connectivity index (χ3v) is 5.84. The molecule has 0 unspecified atom stereocenters. The molecule has 2 saturated heterocycles. The number of piperidine rings is 2. The molecule has 0 saturated carbocycles. The number of hydrogen-bond acceptors (Lipinski definition) is 10. The molecule has 31 heavy (non-hydrogen) atoms. The van der Waals surface area contributed by atoms with Gasteiger partial charge in [0.25, 0.3) is 0 Å². The van der Waals surface area contributed by atoms with Crippen LogP contribution < -0.4 is 32.3 Å². The Labute approximate surface area is 182 Å². The van der Waals surface area contributed by atoms with Crippen molar-refractivity contribution >= 4 is 17.8 Å². The molecule has 0 radical (unpaired) electrons. The number of aliphatic hydroxyl groups is 1. The first kappa shape index (κ1) is 21.7. The molecule has 8 N–H and O–H groups in total. The number of aromatic nitrogens is 3. The van der Waals surface area contributed by atoms with Gasteiger partial charge in [-0.15, -0.1) is 0 Å². The van der Waals surface area contributed by atoms with Crippen molar-refractivity contribution in [1.29, 1.82) is 0 Å². The molecule has 0 aliphatic carbocycles. The minimum atomic E-state index is -0.334. The van der Waals surface area contributed by atoms with E-state index in [0.29, 0.717) is 37.5 Å². The molecule has 168 valence electrons. The quantitative estimate of drug-likeness (QED) is 0.419. The van der Waals surface area contributed by atoms with Gasteiger partial charge in [0, 0.05) is 44.3 Å². The molecule has 2 aliphatic heterocycles. The summed E-state index contributed by atoms with van der Waals surface area (Å²) in [7, 11) is 0. The van der Waals surface area contributed by atoms with Crippen LogP contribution >= 0.6 is 0 Å². The minimum absolute atomic E-state index is 0.0294. The van der Waals surface area contributed by atoms with Crippen LogP contribution in [0.3, 0.4) is 0 Å². The Hall–Kier alpha value is -2.53. The molecule has 0 spiro atoms. The zero-order valence-electron chi connectivity index (χ0n) is 17.8. The fourth-order valence-corrected chi connectivity index (χ4v) is 4.31. The molecule has 10 heteroatoms. The van der Waals surface area contributed by atoms with Crippen molar-refractivity contribution in [1.82, 2.24) is 15.0 Å². The maximum atomic E-state index is 9.98. The molecule has 0 amide bonds. The number of benzene rings is 1. The first-order valence-corrected chi connectivity index (χ1v) is 11.0. The maximum absolute atomic E-state index is 9.98. The van der Waals surface area contributed by atoms with E-state index < -0.39 is 0 Å². The lowest BCUT2D eigenvalue weighted by molar-refractivity contribution is 0.276. The number of nitrogens with two attached hydrogens (primary N) is 3. The van der Waals surface area contributed by atoms with E-state index in [1.54, 1.807) is 0 Å². The predicted octanol–water partition coefficient (Wildman–Crippen LogP) is -0.191. The van der Waals surface area contributed by atoms with Crippen molar-refractivity contribution in [2.45, 2.75) is 43.4 Å². The van der Waals surface area contributed by atoms with E-state index >= 15 is 0 Å². The number of aliphatic hydroxyl groups excluding tert-OH is 1. The summed E-state index contributed by atoms with van der Waals surface area (Å²) >= 11 is 0. The standard InChI is InChI=1S/C21H33N9O/c22-15-7-4-8-29(10-15)20-26-19(25-18(13-31)14-5-2-1-3-6-14)27-21(28-20)30-11-16(23)9-17(24)12-30/h1-3,5-6,15-18,31H,4,7-13,22-24H2,(H,25,26,27,28)/t15-,16-,17+,18+/m0/s1. The number of nitrogens with one attached hydrogen (secondary N) is 1. The number of anilines is 3. The highest BCUT2D eigenvalue weighted by Crippen LogP contribution is 2.24. The van der Waals surface area contributed by atoms with Crippen LogP contribution in [0.1, 0.15) is 30.9 Å². The van der Waals surface area contributed by atoms with Gasteiger partial charge >= 0.3 is 0 Å². The molecule has 0 bridgehead atoms. The average Bonchev–Trinajstić information content (AvgIpc) is 2.77. The van der Waals surface area contributed by atoms with Crippen LogP contribution in [0.4, 0.5) is 17.8 Å². The SMILES string of the molecule is N[C@@H]1C[C@H](N)CN(c2nc(N[C@H](CO)c3ccccc3)nc(N3CCC[C@H](N)C3)n2)C1. The molecule has 4 atom stereocenters. The van der Waals surface area contributed by atoms with Crippen molar-refractivity contribution in [2.75, 3.05) is 47.9 Å². The van der Waals surface area contributed by atoms with Crippen molar-refractivity contribution in [2.24, 2.45) is 17.2 Å². The third-order valence-electron chi connectivity index (χ3n) is 5.84. The Morgan fingerprint density at radius 2 is 1.58 bits per heavy atom. The highest BCUT2D eigenvalue weighted by atomic mass is 16.3. The van der Waals surface area contributed by atoms with Crippen molar-refractivity contribution in [3.63, 3.8) is 0 Å². The lowest BCUT2D eigenvalue weighted by atomic mass is 10.0. The molecule has 1 aromatic heterocycles. The van der Waals surface area contributed by atoms with Crippen LogP contribution in [0.15, 0.2) is 30.3 Å². The van der Waals surface area contributed by atoms with Gasteiger partial charge in [-0.1, -0.05) is 30.3 Å². The van der Waals surface area contributed by atoms with Crippen LogP contribution in [0, 0.1) is 0 Å². The van der Waals surface area contributed by atoms with Gasteiger partial charge in [-0.05, 0) is 24.8 Å². The van der Waals surface area contributed by atoms with Gasteiger partial charge in [-0.25, -0.2) is 0 Å². The molecule has 1 aromatic carbocycles. The molecular formula is C21H33N9O. The van der Waals surface area contributed by atoms with Gasteiger partial charge in [-0.2, -0.15) is 15.0 Å². The molecule has 10 nitrogen and oxygen atoms in total. The van der Waals surface area contributed by atoms with Gasteiger partial charge in [0.1, 0.15) is 0 Å². The molecule has 2 aliphatic rings. The largest absolute Gasteiger partial charge is 0.394 e. The van der Waals surface area contributed by atoms with Crippen LogP contribution in [0.5, 0.6) is 0 Å². The number of rotatable bonds is 6. The lowest BCUT2D eigenvalue weighted by Crippen LogP contribution is -2.53. The normalized spacial score (nSPS) is 25.4. The first-order chi connectivity index (χ1) is 15.0. The summed E-state index contributed by atoms with van der Waals surface area (Å²) in [5.41, 5.74) is 19.5. The van der Waals surface area contributed by atoms with Gasteiger partial charge in [0.05, 0.1) is 12.6 Å². The van der Waals surface area contributed by atoms with E-state index in [-0.39, 0.29) is 30.8 Å². The molecule has 2 aromatic rings. The third kappa shape index (κ3) is 5.40. The summed E-state index contributed by atoms with van der Waals surface area (Å²) < 4.78 is 0. The summed E-state index contributed by atoms with van der Waals surface area (Å²) in [5, 5.41) is 13.3. The van der Waals surface area contributed by atoms with Crippen LogP contribution in [0.2, 0.25) is 0 Å². The van der Waals surface area contributed by atoms with Crippen LogP contribution in [-0.2, 0) is 0 Å². The summed E-state index contributed by atoms with van der Waals surface area (Å²) in [6.45, 7) is 2.73. The van der Waals surface area contributed by atoms with Crippen molar-refractivity contribution in [3.8, 4) is 0 Å². The zero-order valence-corrected chi connectivity index (χ0v) is 17.8. The van der Waals surface area contributed by atoms with Crippen molar-refractivity contribution in [3.05, 3.63) is 35.9 Å². The zero-order chi connectivity index (χ0) is 21.8. The molecule has 3 heterocycles. The summed E-state index contributed by atoms with van der Waals surface area (Å²) in [6.07, 6.45) is 2.77. The maximum Gasteiger partial charge on any atom is 0.232 e. The van der Waals surface area contributed by atoms with E-state index in [4.69, 9.17) is 22.2 Å². The molecule has 4 rings (SSSR count). The second-order valence-electron chi connectivity index (χ2n) is 8.56. The van der Waals surface area contributed by atoms with Crippen molar-refractivity contribution < 1.29 is 5.11 Å². The van der Waals surface area contributed by atoms with E-state index in [9.17, 15) is 5.11 Å². The molecular weight excluding hydrogens is 394 g/mol. The Bertz CT molecular complexity index is 842. The van der Waals surface area contributed by atoms with Gasteiger partial charge < -0.3 is 37.4 Å². The second kappa shape index (κ2) is 9.73. The Morgan fingerprint density at radius 3 is 2.23 bits per heavy atom. The average molecular weight is 428 g/mol. The highest BCUT2D eigenvalue weighted by Gasteiger charge is 2.27. The fourth-order valence-electron chi connectivity index (χ4n) is 4.31. The topological polar surface area (TPSA) is 155 Å². The highest BCUT2D eigenvalue weighted by molar-refractivity contribution is 5.47. The summed E-state index contributed by atoms with van der Waals surface area (Å²) in [4.78, 5) is 18.2. The Balaban J connectivity index is 1.65. The first-order valence-electron chi connectivity index (χ1n) is 11.0. The van der Waals surface area contributed by atoms with E-state index in [2.05, 4.69) is 20.2 Å². The van der Waals surface area contributed by atoms with Gasteiger partial charge in [-0.3, -0.25) is 0 Å².